The van der Waals surface area contributed by atoms with Crippen LogP contribution in [0.2, 0.25) is 0 Å². The Morgan fingerprint density at radius 3 is 2.61 bits per heavy atom. The Balaban J connectivity index is 1.43. The fraction of sp³-hybridized carbons (Fsp3) is 0.233. The number of amides is 1. The second kappa shape index (κ2) is 10.4. The highest BCUT2D eigenvalue weighted by molar-refractivity contribution is 5.92. The SMILES string of the molecule is CCc1cccc(NC(=O)CN2CCc3nc(-c4ccc(F)cc4)nc(-c4ccccc4C)c3C2)c1. The summed E-state index contributed by atoms with van der Waals surface area (Å²) in [4.78, 5) is 24.8. The molecule has 36 heavy (non-hydrogen) atoms. The molecule has 0 bridgehead atoms. The minimum Gasteiger partial charge on any atom is -0.325 e. The molecular weight excluding hydrogens is 451 g/mol. The average molecular weight is 481 g/mol. The third kappa shape index (κ3) is 5.19. The Bertz CT molecular complexity index is 1400. The Morgan fingerprint density at radius 2 is 1.83 bits per heavy atom. The van der Waals surface area contributed by atoms with Crippen molar-refractivity contribution < 1.29 is 9.18 Å². The molecule has 4 aromatic rings. The number of nitrogens with one attached hydrogen (secondary N) is 1. The maximum atomic E-state index is 13.5. The summed E-state index contributed by atoms with van der Waals surface area (Å²) in [5.41, 5.74) is 7.86. The van der Waals surface area contributed by atoms with Crippen LogP contribution in [-0.2, 0) is 24.2 Å². The first-order valence-electron chi connectivity index (χ1n) is 12.3. The van der Waals surface area contributed by atoms with Gasteiger partial charge >= 0.3 is 0 Å². The normalized spacial score (nSPS) is 13.3. The third-order valence-electron chi connectivity index (χ3n) is 6.63. The third-order valence-corrected chi connectivity index (χ3v) is 6.63. The summed E-state index contributed by atoms with van der Waals surface area (Å²) < 4.78 is 13.5. The van der Waals surface area contributed by atoms with Crippen LogP contribution in [0.4, 0.5) is 10.1 Å². The van der Waals surface area contributed by atoms with E-state index >= 15 is 0 Å². The molecule has 3 aromatic carbocycles. The van der Waals surface area contributed by atoms with E-state index in [1.807, 2.05) is 30.3 Å². The summed E-state index contributed by atoms with van der Waals surface area (Å²) in [6.07, 6.45) is 1.64. The summed E-state index contributed by atoms with van der Waals surface area (Å²) >= 11 is 0. The van der Waals surface area contributed by atoms with Gasteiger partial charge in [0.2, 0.25) is 5.91 Å². The fourth-order valence-corrected chi connectivity index (χ4v) is 4.67. The summed E-state index contributed by atoms with van der Waals surface area (Å²) in [5.74, 6) is 0.271. The van der Waals surface area contributed by atoms with Gasteiger partial charge < -0.3 is 5.32 Å². The maximum Gasteiger partial charge on any atom is 0.238 e. The lowest BCUT2D eigenvalue weighted by atomic mass is 9.96. The predicted molar refractivity (Wildman–Crippen MR) is 141 cm³/mol. The van der Waals surface area contributed by atoms with Crippen LogP contribution in [0.15, 0.2) is 72.8 Å². The van der Waals surface area contributed by atoms with Crippen molar-refractivity contribution in [3.63, 3.8) is 0 Å². The number of anilines is 1. The Hall–Kier alpha value is -3.90. The van der Waals surface area contributed by atoms with E-state index in [9.17, 15) is 9.18 Å². The topological polar surface area (TPSA) is 58.1 Å². The van der Waals surface area contributed by atoms with Gasteiger partial charge in [0.1, 0.15) is 5.82 Å². The molecule has 1 aromatic heterocycles. The molecule has 0 aliphatic carbocycles. The van der Waals surface area contributed by atoms with Crippen molar-refractivity contribution in [2.45, 2.75) is 33.2 Å². The van der Waals surface area contributed by atoms with Gasteiger partial charge in [0, 0.05) is 41.9 Å². The van der Waals surface area contributed by atoms with Gasteiger partial charge in [-0.25, -0.2) is 14.4 Å². The fourth-order valence-electron chi connectivity index (χ4n) is 4.67. The number of hydrogen-bond donors (Lipinski definition) is 1. The van der Waals surface area contributed by atoms with Crippen molar-refractivity contribution in [2.75, 3.05) is 18.4 Å². The van der Waals surface area contributed by atoms with Crippen molar-refractivity contribution in [3.05, 3.63) is 101 Å². The Labute approximate surface area is 211 Å². The second-order valence-electron chi connectivity index (χ2n) is 9.21. The first-order chi connectivity index (χ1) is 17.5. The molecular formula is C30H29FN4O. The van der Waals surface area contributed by atoms with E-state index in [4.69, 9.17) is 9.97 Å². The van der Waals surface area contributed by atoms with Crippen LogP contribution in [0.1, 0.15) is 29.3 Å². The van der Waals surface area contributed by atoms with Gasteiger partial charge in [0.05, 0.1) is 17.9 Å². The standard InChI is InChI=1S/C30H29FN4O/c1-3-21-8-6-9-24(17-21)32-28(36)19-35-16-15-27-26(18-35)29(25-10-5-4-7-20(25)2)34-30(33-27)22-11-13-23(31)14-12-22/h4-14,17H,3,15-16,18-19H2,1-2H3,(H,32,36). The molecule has 5 rings (SSSR count). The summed E-state index contributed by atoms with van der Waals surface area (Å²) in [7, 11) is 0. The van der Waals surface area contributed by atoms with Crippen LogP contribution < -0.4 is 5.32 Å². The number of aromatic nitrogens is 2. The van der Waals surface area contributed by atoms with E-state index in [0.29, 0.717) is 25.3 Å². The highest BCUT2D eigenvalue weighted by Gasteiger charge is 2.25. The van der Waals surface area contributed by atoms with Crippen LogP contribution in [0, 0.1) is 12.7 Å². The lowest BCUT2D eigenvalue weighted by Crippen LogP contribution is -2.38. The zero-order chi connectivity index (χ0) is 25.1. The number of hydrogen-bond acceptors (Lipinski definition) is 4. The summed E-state index contributed by atoms with van der Waals surface area (Å²) in [6, 6.07) is 22.4. The van der Waals surface area contributed by atoms with Crippen molar-refractivity contribution in [3.8, 4) is 22.6 Å². The molecule has 0 saturated heterocycles. The molecule has 1 aliphatic heterocycles. The van der Waals surface area contributed by atoms with Crippen molar-refractivity contribution >= 4 is 11.6 Å². The quantitative estimate of drug-likeness (QED) is 0.378. The molecule has 0 spiro atoms. The van der Waals surface area contributed by atoms with Gasteiger partial charge in [-0.3, -0.25) is 9.69 Å². The van der Waals surface area contributed by atoms with Crippen LogP contribution in [0.3, 0.4) is 0 Å². The van der Waals surface area contributed by atoms with Crippen molar-refractivity contribution in [1.82, 2.24) is 14.9 Å². The minimum atomic E-state index is -0.286. The highest BCUT2D eigenvalue weighted by atomic mass is 19.1. The molecule has 5 nitrogen and oxygen atoms in total. The Kier molecular flexibility index (Phi) is 6.87. The molecule has 1 N–H and O–H groups in total. The number of benzene rings is 3. The number of carbonyl (C=O) groups excluding carboxylic acids is 1. The smallest absolute Gasteiger partial charge is 0.238 e. The zero-order valence-corrected chi connectivity index (χ0v) is 20.6. The van der Waals surface area contributed by atoms with E-state index in [0.717, 1.165) is 52.3 Å². The lowest BCUT2D eigenvalue weighted by molar-refractivity contribution is -0.117. The average Bonchev–Trinajstić information content (AvgIpc) is 2.89. The first-order valence-corrected chi connectivity index (χ1v) is 12.3. The number of fused-ring (bicyclic) bond motifs is 1. The van der Waals surface area contributed by atoms with E-state index in [1.54, 1.807) is 12.1 Å². The second-order valence-corrected chi connectivity index (χ2v) is 9.21. The molecule has 6 heteroatoms. The van der Waals surface area contributed by atoms with Crippen LogP contribution in [0.5, 0.6) is 0 Å². The molecule has 1 amide bonds. The first kappa shape index (κ1) is 23.8. The van der Waals surface area contributed by atoms with E-state index < -0.39 is 0 Å². The van der Waals surface area contributed by atoms with Gasteiger partial charge in [0.15, 0.2) is 5.82 Å². The molecule has 0 radical (unpaired) electrons. The van der Waals surface area contributed by atoms with Gasteiger partial charge in [0.25, 0.3) is 0 Å². The number of halogens is 1. The lowest BCUT2D eigenvalue weighted by Gasteiger charge is -2.29. The monoisotopic (exact) mass is 480 g/mol. The van der Waals surface area contributed by atoms with Gasteiger partial charge in [-0.2, -0.15) is 0 Å². The molecule has 0 saturated carbocycles. The maximum absolute atomic E-state index is 13.5. The molecule has 182 valence electrons. The molecule has 1 aliphatic rings. The van der Waals surface area contributed by atoms with Crippen LogP contribution in [0.25, 0.3) is 22.6 Å². The number of carbonyl (C=O) groups is 1. The predicted octanol–water partition coefficient (Wildman–Crippen LogP) is 5.82. The summed E-state index contributed by atoms with van der Waals surface area (Å²) in [5, 5.41) is 3.04. The number of aryl methyl sites for hydroxylation is 2. The number of rotatable bonds is 6. The van der Waals surface area contributed by atoms with Gasteiger partial charge in [-0.1, -0.05) is 43.3 Å². The number of nitrogens with zero attached hydrogens (tertiary/aromatic N) is 3. The molecule has 0 unspecified atom stereocenters. The van der Waals surface area contributed by atoms with Crippen LogP contribution in [-0.4, -0.2) is 33.9 Å². The highest BCUT2D eigenvalue weighted by Crippen LogP contribution is 2.32. The van der Waals surface area contributed by atoms with E-state index in [-0.39, 0.29) is 11.7 Å². The van der Waals surface area contributed by atoms with Gasteiger partial charge in [-0.05, 0) is 60.9 Å². The van der Waals surface area contributed by atoms with Crippen molar-refractivity contribution in [1.29, 1.82) is 0 Å². The Morgan fingerprint density at radius 1 is 1.03 bits per heavy atom. The molecule has 2 heterocycles. The molecule has 0 atom stereocenters. The van der Waals surface area contributed by atoms with E-state index in [1.165, 1.54) is 17.7 Å². The van der Waals surface area contributed by atoms with E-state index in [2.05, 4.69) is 42.3 Å². The zero-order valence-electron chi connectivity index (χ0n) is 20.6. The van der Waals surface area contributed by atoms with Gasteiger partial charge in [-0.15, -0.1) is 0 Å². The molecule has 0 fully saturated rings. The summed E-state index contributed by atoms with van der Waals surface area (Å²) in [6.45, 7) is 5.78. The largest absolute Gasteiger partial charge is 0.325 e. The van der Waals surface area contributed by atoms with Crippen molar-refractivity contribution in [2.24, 2.45) is 0 Å². The van der Waals surface area contributed by atoms with Crippen LogP contribution >= 0.6 is 0 Å². The minimum absolute atomic E-state index is 0.0343.